The number of furan rings is 1. The number of hydrogen-bond donors (Lipinski definition) is 0. The van der Waals surface area contributed by atoms with Crippen LogP contribution >= 0.6 is 0 Å². The molecular formula is C54H35NO. The van der Waals surface area contributed by atoms with E-state index in [-0.39, 0.29) is 0 Å². The van der Waals surface area contributed by atoms with Gasteiger partial charge < -0.3 is 9.32 Å². The Morgan fingerprint density at radius 3 is 1.68 bits per heavy atom. The van der Waals surface area contributed by atoms with E-state index in [1.54, 1.807) is 0 Å². The molecule has 0 N–H and O–H groups in total. The zero-order valence-corrected chi connectivity index (χ0v) is 30.6. The Bertz CT molecular complexity index is 3230. The van der Waals surface area contributed by atoms with E-state index in [1.807, 2.05) is 0 Å². The molecule has 11 aromatic rings. The molecule has 0 aliphatic heterocycles. The highest BCUT2D eigenvalue weighted by Gasteiger charge is 2.18. The first-order valence-corrected chi connectivity index (χ1v) is 19.2. The first-order chi connectivity index (χ1) is 27.8. The molecule has 0 spiro atoms. The third kappa shape index (κ3) is 5.34. The van der Waals surface area contributed by atoms with Gasteiger partial charge >= 0.3 is 0 Å². The van der Waals surface area contributed by atoms with Gasteiger partial charge in [0.2, 0.25) is 0 Å². The summed E-state index contributed by atoms with van der Waals surface area (Å²) in [5, 5.41) is 9.66. The van der Waals surface area contributed by atoms with Crippen LogP contribution in [0, 0.1) is 0 Å². The summed E-state index contributed by atoms with van der Waals surface area (Å²) < 4.78 is 6.53. The molecule has 0 fully saturated rings. The molecule has 262 valence electrons. The van der Waals surface area contributed by atoms with E-state index in [2.05, 4.69) is 217 Å². The van der Waals surface area contributed by atoms with Crippen LogP contribution in [-0.4, -0.2) is 0 Å². The number of benzene rings is 10. The third-order valence-electron chi connectivity index (χ3n) is 11.2. The summed E-state index contributed by atoms with van der Waals surface area (Å²) in [5.74, 6) is 0. The highest BCUT2D eigenvalue weighted by Crippen LogP contribution is 2.43. The van der Waals surface area contributed by atoms with Crippen LogP contribution in [0.4, 0.5) is 17.1 Å². The van der Waals surface area contributed by atoms with Crippen LogP contribution in [0.5, 0.6) is 0 Å². The van der Waals surface area contributed by atoms with E-state index in [0.717, 1.165) is 55.5 Å². The molecule has 0 bridgehead atoms. The molecule has 1 heterocycles. The molecule has 0 saturated heterocycles. The molecule has 11 rings (SSSR count). The lowest BCUT2D eigenvalue weighted by molar-refractivity contribution is 0.673. The van der Waals surface area contributed by atoms with Crippen LogP contribution in [-0.2, 0) is 0 Å². The molecule has 0 amide bonds. The van der Waals surface area contributed by atoms with Crippen molar-refractivity contribution in [1.82, 2.24) is 0 Å². The van der Waals surface area contributed by atoms with E-state index >= 15 is 0 Å². The average molecular weight is 714 g/mol. The fourth-order valence-electron chi connectivity index (χ4n) is 8.57. The van der Waals surface area contributed by atoms with Crippen molar-refractivity contribution < 1.29 is 4.42 Å². The standard InChI is InChI=1S/C54H35NO/c1-2-12-36(13-3-1)40-16-10-17-44(34-40)55(43-31-26-39(27-32-43)51-35-41-15-5-6-18-45(41)48-20-8-9-21-49(48)51)42-29-24-38(25-30-42)46-22-11-23-52-53(46)50-33-28-37-14-4-7-19-47(37)54(50)56-52/h1-35H. The lowest BCUT2D eigenvalue weighted by atomic mass is 9.93. The summed E-state index contributed by atoms with van der Waals surface area (Å²) in [6, 6.07) is 76.4. The summed E-state index contributed by atoms with van der Waals surface area (Å²) in [6.07, 6.45) is 0. The number of nitrogens with zero attached hydrogens (tertiary/aromatic N) is 1. The first-order valence-electron chi connectivity index (χ1n) is 19.2. The second kappa shape index (κ2) is 13.2. The van der Waals surface area contributed by atoms with Crippen molar-refractivity contribution in [3.63, 3.8) is 0 Å². The number of fused-ring (bicyclic) bond motifs is 8. The van der Waals surface area contributed by atoms with Crippen molar-refractivity contribution >= 4 is 71.3 Å². The smallest absolute Gasteiger partial charge is 0.143 e. The van der Waals surface area contributed by atoms with Gasteiger partial charge in [-0.05, 0) is 115 Å². The molecule has 2 nitrogen and oxygen atoms in total. The summed E-state index contributed by atoms with van der Waals surface area (Å²) in [5.41, 5.74) is 12.2. The Morgan fingerprint density at radius 2 is 0.911 bits per heavy atom. The van der Waals surface area contributed by atoms with Crippen LogP contribution in [0.15, 0.2) is 217 Å². The van der Waals surface area contributed by atoms with Gasteiger partial charge in [0.1, 0.15) is 11.2 Å². The molecule has 56 heavy (non-hydrogen) atoms. The van der Waals surface area contributed by atoms with Crippen LogP contribution < -0.4 is 4.90 Å². The van der Waals surface area contributed by atoms with Gasteiger partial charge in [0, 0.05) is 33.2 Å². The Morgan fingerprint density at radius 1 is 0.304 bits per heavy atom. The van der Waals surface area contributed by atoms with Crippen LogP contribution in [0.3, 0.4) is 0 Å². The van der Waals surface area contributed by atoms with Gasteiger partial charge in [-0.15, -0.1) is 0 Å². The second-order valence-corrected chi connectivity index (χ2v) is 14.5. The topological polar surface area (TPSA) is 16.4 Å². The van der Waals surface area contributed by atoms with Crippen LogP contribution in [0.1, 0.15) is 0 Å². The van der Waals surface area contributed by atoms with Gasteiger partial charge in [-0.25, -0.2) is 0 Å². The molecule has 0 unspecified atom stereocenters. The van der Waals surface area contributed by atoms with E-state index in [9.17, 15) is 0 Å². The predicted molar refractivity (Wildman–Crippen MR) is 237 cm³/mol. The monoisotopic (exact) mass is 713 g/mol. The maximum absolute atomic E-state index is 6.53. The van der Waals surface area contributed by atoms with Gasteiger partial charge in [-0.1, -0.05) is 158 Å². The summed E-state index contributed by atoms with van der Waals surface area (Å²) in [6.45, 7) is 0. The minimum atomic E-state index is 0.900. The predicted octanol–water partition coefficient (Wildman–Crippen LogP) is 15.5. The highest BCUT2D eigenvalue weighted by molar-refractivity contribution is 6.19. The van der Waals surface area contributed by atoms with Crippen molar-refractivity contribution in [3.8, 4) is 33.4 Å². The normalized spacial score (nSPS) is 11.6. The van der Waals surface area contributed by atoms with Crippen molar-refractivity contribution in [2.24, 2.45) is 0 Å². The minimum absolute atomic E-state index is 0.900. The molecule has 0 aliphatic rings. The Balaban J connectivity index is 1.03. The van der Waals surface area contributed by atoms with E-state index < -0.39 is 0 Å². The summed E-state index contributed by atoms with van der Waals surface area (Å²) in [4.78, 5) is 2.36. The molecule has 0 saturated carbocycles. The van der Waals surface area contributed by atoms with Crippen molar-refractivity contribution in [2.45, 2.75) is 0 Å². The molecule has 2 heteroatoms. The fourth-order valence-corrected chi connectivity index (χ4v) is 8.57. The van der Waals surface area contributed by atoms with Crippen molar-refractivity contribution in [1.29, 1.82) is 0 Å². The summed E-state index contributed by atoms with van der Waals surface area (Å²) in [7, 11) is 0. The van der Waals surface area contributed by atoms with E-state index in [0.29, 0.717) is 0 Å². The van der Waals surface area contributed by atoms with Crippen LogP contribution in [0.2, 0.25) is 0 Å². The lowest BCUT2D eigenvalue weighted by Gasteiger charge is -2.26. The number of rotatable bonds is 6. The van der Waals surface area contributed by atoms with Crippen molar-refractivity contribution in [3.05, 3.63) is 212 Å². The summed E-state index contributed by atoms with van der Waals surface area (Å²) >= 11 is 0. The highest BCUT2D eigenvalue weighted by atomic mass is 16.3. The van der Waals surface area contributed by atoms with Gasteiger partial charge in [0.25, 0.3) is 0 Å². The van der Waals surface area contributed by atoms with Gasteiger partial charge in [0.15, 0.2) is 0 Å². The zero-order valence-electron chi connectivity index (χ0n) is 30.6. The average Bonchev–Trinajstić information content (AvgIpc) is 3.67. The number of anilines is 3. The van der Waals surface area contributed by atoms with Crippen molar-refractivity contribution in [2.75, 3.05) is 4.90 Å². The zero-order chi connectivity index (χ0) is 37.0. The molecule has 10 aromatic carbocycles. The van der Waals surface area contributed by atoms with Gasteiger partial charge in [0.05, 0.1) is 0 Å². The molecule has 1 aromatic heterocycles. The third-order valence-corrected chi connectivity index (χ3v) is 11.2. The molecular weight excluding hydrogens is 679 g/mol. The van der Waals surface area contributed by atoms with Gasteiger partial charge in [-0.2, -0.15) is 0 Å². The van der Waals surface area contributed by atoms with Crippen LogP contribution in [0.25, 0.3) is 87.6 Å². The Labute approximate surface area is 325 Å². The minimum Gasteiger partial charge on any atom is -0.455 e. The maximum atomic E-state index is 6.53. The SMILES string of the molecule is c1ccc(-c2cccc(N(c3ccc(-c4cc5ccccc5c5ccccc45)cc3)c3ccc(-c4cccc5oc6c7ccccc7ccc6c45)cc3)c2)cc1. The Hall–Kier alpha value is -7.42. The van der Waals surface area contributed by atoms with E-state index in [4.69, 9.17) is 4.42 Å². The second-order valence-electron chi connectivity index (χ2n) is 14.5. The lowest BCUT2D eigenvalue weighted by Crippen LogP contribution is -2.10. The van der Waals surface area contributed by atoms with E-state index in [1.165, 1.54) is 49.2 Å². The fraction of sp³-hybridized carbons (Fsp3) is 0. The Kier molecular flexibility index (Phi) is 7.53. The maximum Gasteiger partial charge on any atom is 0.143 e. The van der Waals surface area contributed by atoms with Gasteiger partial charge in [-0.3, -0.25) is 0 Å². The molecule has 0 radical (unpaired) electrons. The number of hydrogen-bond acceptors (Lipinski definition) is 2. The quantitative estimate of drug-likeness (QED) is 0.160. The largest absolute Gasteiger partial charge is 0.455 e. The first kappa shape index (κ1) is 32.0. The molecule has 0 atom stereocenters. The molecule has 0 aliphatic carbocycles.